The van der Waals surface area contributed by atoms with Gasteiger partial charge in [0.1, 0.15) is 0 Å². The number of nitrogens with zero attached hydrogens (tertiary/aromatic N) is 2. The van der Waals surface area contributed by atoms with Crippen molar-refractivity contribution in [2.24, 2.45) is 5.92 Å². The van der Waals surface area contributed by atoms with E-state index < -0.39 is 11.9 Å². The second-order valence-corrected chi connectivity index (χ2v) is 4.20. The Kier molecular flexibility index (Phi) is 2.64. The summed E-state index contributed by atoms with van der Waals surface area (Å²) in [5, 5.41) is 9.26. The van der Waals surface area contributed by atoms with E-state index in [1.807, 2.05) is 36.4 Å². The van der Waals surface area contributed by atoms with Gasteiger partial charge < -0.3 is 9.51 Å². The predicted octanol–water partition coefficient (Wildman–Crippen LogP) is 2.16. The molecule has 0 aliphatic heterocycles. The second-order valence-electron chi connectivity index (χ2n) is 4.20. The molecule has 0 spiro atoms. The first kappa shape index (κ1) is 10.7. The number of aromatic nitrogens is 2. The van der Waals surface area contributed by atoms with Crippen LogP contribution < -0.4 is 0 Å². The van der Waals surface area contributed by atoms with E-state index in [1.54, 1.807) is 12.5 Å². The van der Waals surface area contributed by atoms with Crippen molar-refractivity contribution in [2.75, 3.05) is 0 Å². The smallest absolute Gasteiger partial charge is 0.312 e. The van der Waals surface area contributed by atoms with Gasteiger partial charge in [-0.2, -0.15) is 0 Å². The lowest BCUT2D eigenvalue weighted by Gasteiger charge is -2.17. The minimum absolute atomic E-state index is 0.0468. The summed E-state index contributed by atoms with van der Waals surface area (Å²) < 4.78 is 1.83. The van der Waals surface area contributed by atoms with Crippen molar-refractivity contribution >= 4 is 11.5 Å². The SMILES string of the molecule is CC(C)C(C(=O)O)c1cccc2cncn12. The molecule has 0 aromatic carbocycles. The molecule has 0 amide bonds. The summed E-state index contributed by atoms with van der Waals surface area (Å²) in [6, 6.07) is 5.62. The van der Waals surface area contributed by atoms with Crippen molar-refractivity contribution in [2.45, 2.75) is 19.8 Å². The highest BCUT2D eigenvalue weighted by atomic mass is 16.4. The molecule has 16 heavy (non-hydrogen) atoms. The minimum Gasteiger partial charge on any atom is -0.481 e. The zero-order valence-corrected chi connectivity index (χ0v) is 9.29. The van der Waals surface area contributed by atoms with Gasteiger partial charge >= 0.3 is 5.97 Å². The number of hydrogen-bond acceptors (Lipinski definition) is 2. The van der Waals surface area contributed by atoms with Gasteiger partial charge in [-0.05, 0) is 18.1 Å². The third-order valence-electron chi connectivity index (χ3n) is 2.73. The van der Waals surface area contributed by atoms with Crippen LogP contribution in [0.2, 0.25) is 0 Å². The highest BCUT2D eigenvalue weighted by Gasteiger charge is 2.25. The Balaban J connectivity index is 2.60. The summed E-state index contributed by atoms with van der Waals surface area (Å²) in [6.45, 7) is 3.82. The van der Waals surface area contributed by atoms with E-state index in [4.69, 9.17) is 0 Å². The Morgan fingerprint density at radius 3 is 2.81 bits per heavy atom. The fourth-order valence-corrected chi connectivity index (χ4v) is 1.98. The van der Waals surface area contributed by atoms with Crippen LogP contribution in [0.15, 0.2) is 30.7 Å². The summed E-state index contributed by atoms with van der Waals surface area (Å²) in [6.07, 6.45) is 3.38. The number of carboxylic acids is 1. The normalized spacial score (nSPS) is 13.2. The lowest BCUT2D eigenvalue weighted by atomic mass is 9.92. The van der Waals surface area contributed by atoms with Crippen LogP contribution in [0.3, 0.4) is 0 Å². The van der Waals surface area contributed by atoms with Crippen molar-refractivity contribution in [3.05, 3.63) is 36.4 Å². The molecule has 2 aromatic heterocycles. The van der Waals surface area contributed by atoms with Crippen LogP contribution in [0.5, 0.6) is 0 Å². The molecule has 4 heteroatoms. The maximum absolute atomic E-state index is 11.3. The first-order valence-electron chi connectivity index (χ1n) is 5.25. The van der Waals surface area contributed by atoms with E-state index in [0.717, 1.165) is 11.2 Å². The number of carboxylic acid groups (broad SMARTS) is 1. The average Bonchev–Trinajstić information content (AvgIpc) is 2.65. The number of aliphatic carboxylic acids is 1. The van der Waals surface area contributed by atoms with Gasteiger partial charge in [-0.1, -0.05) is 19.9 Å². The van der Waals surface area contributed by atoms with Gasteiger partial charge in [0.2, 0.25) is 0 Å². The lowest BCUT2D eigenvalue weighted by molar-refractivity contribution is -0.140. The first-order chi connectivity index (χ1) is 7.61. The fraction of sp³-hybridized carbons (Fsp3) is 0.333. The molecule has 0 saturated carbocycles. The van der Waals surface area contributed by atoms with Crippen LogP contribution in [0.1, 0.15) is 25.5 Å². The number of fused-ring (bicyclic) bond motifs is 1. The Morgan fingerprint density at radius 1 is 1.44 bits per heavy atom. The second kappa shape index (κ2) is 3.96. The first-order valence-corrected chi connectivity index (χ1v) is 5.25. The molecular formula is C12H14N2O2. The monoisotopic (exact) mass is 218 g/mol. The van der Waals surface area contributed by atoms with Crippen LogP contribution in [-0.4, -0.2) is 20.5 Å². The van der Waals surface area contributed by atoms with Crippen LogP contribution >= 0.6 is 0 Å². The molecule has 0 saturated heterocycles. The summed E-state index contributed by atoms with van der Waals surface area (Å²) >= 11 is 0. The maximum Gasteiger partial charge on any atom is 0.312 e. The van der Waals surface area contributed by atoms with Crippen LogP contribution in [0, 0.1) is 5.92 Å². The largest absolute Gasteiger partial charge is 0.481 e. The molecule has 1 atom stereocenters. The zero-order chi connectivity index (χ0) is 11.7. The maximum atomic E-state index is 11.3. The van der Waals surface area contributed by atoms with Gasteiger partial charge in [0.15, 0.2) is 0 Å². The van der Waals surface area contributed by atoms with Crippen molar-refractivity contribution in [1.29, 1.82) is 0 Å². The molecule has 2 heterocycles. The summed E-state index contributed by atoms with van der Waals surface area (Å²) in [5.74, 6) is -1.25. The molecule has 0 aliphatic carbocycles. The third kappa shape index (κ3) is 1.66. The van der Waals surface area contributed by atoms with Gasteiger partial charge in [-0.3, -0.25) is 4.79 Å². The van der Waals surface area contributed by atoms with Crippen molar-refractivity contribution < 1.29 is 9.90 Å². The molecule has 1 unspecified atom stereocenters. The molecule has 84 valence electrons. The highest BCUT2D eigenvalue weighted by Crippen LogP contribution is 2.25. The molecule has 0 radical (unpaired) electrons. The Hall–Kier alpha value is -1.84. The quantitative estimate of drug-likeness (QED) is 0.858. The molecule has 2 rings (SSSR count). The van der Waals surface area contributed by atoms with Crippen LogP contribution in [0.25, 0.3) is 5.52 Å². The average molecular weight is 218 g/mol. The molecule has 1 N–H and O–H groups in total. The number of imidazole rings is 1. The molecule has 0 fully saturated rings. The van der Waals surface area contributed by atoms with Crippen LogP contribution in [0.4, 0.5) is 0 Å². The number of pyridine rings is 1. The third-order valence-corrected chi connectivity index (χ3v) is 2.73. The summed E-state index contributed by atoms with van der Waals surface area (Å²) in [7, 11) is 0. The van der Waals surface area contributed by atoms with Crippen LogP contribution in [-0.2, 0) is 4.79 Å². The number of rotatable bonds is 3. The number of hydrogen-bond donors (Lipinski definition) is 1. The van der Waals surface area contributed by atoms with Gasteiger partial charge in [0, 0.05) is 5.69 Å². The standard InChI is InChI=1S/C12H14N2O2/c1-8(2)11(12(15)16)10-5-3-4-9-6-13-7-14(9)10/h3-8,11H,1-2H3,(H,15,16). The Bertz CT molecular complexity index is 516. The fourth-order valence-electron chi connectivity index (χ4n) is 1.98. The lowest BCUT2D eigenvalue weighted by Crippen LogP contribution is -2.19. The predicted molar refractivity (Wildman–Crippen MR) is 60.4 cm³/mol. The topological polar surface area (TPSA) is 54.6 Å². The summed E-state index contributed by atoms with van der Waals surface area (Å²) in [4.78, 5) is 15.3. The molecule has 0 bridgehead atoms. The van der Waals surface area contributed by atoms with E-state index >= 15 is 0 Å². The molecule has 4 nitrogen and oxygen atoms in total. The van der Waals surface area contributed by atoms with E-state index in [-0.39, 0.29) is 5.92 Å². The Labute approximate surface area is 93.5 Å². The molecule has 2 aromatic rings. The van der Waals surface area contributed by atoms with Gasteiger partial charge in [-0.25, -0.2) is 4.98 Å². The highest BCUT2D eigenvalue weighted by molar-refractivity contribution is 5.76. The van der Waals surface area contributed by atoms with Gasteiger partial charge in [0.25, 0.3) is 0 Å². The molecular weight excluding hydrogens is 204 g/mol. The Morgan fingerprint density at radius 2 is 2.19 bits per heavy atom. The van der Waals surface area contributed by atoms with Crippen molar-refractivity contribution in [3.63, 3.8) is 0 Å². The van der Waals surface area contributed by atoms with E-state index in [9.17, 15) is 9.90 Å². The van der Waals surface area contributed by atoms with Crippen molar-refractivity contribution in [3.8, 4) is 0 Å². The minimum atomic E-state index is -0.795. The van der Waals surface area contributed by atoms with E-state index in [2.05, 4.69) is 4.98 Å². The van der Waals surface area contributed by atoms with Gasteiger partial charge in [-0.15, -0.1) is 0 Å². The van der Waals surface area contributed by atoms with E-state index in [0.29, 0.717) is 0 Å². The summed E-state index contributed by atoms with van der Waals surface area (Å²) in [5.41, 5.74) is 1.70. The zero-order valence-electron chi connectivity index (χ0n) is 9.29. The van der Waals surface area contributed by atoms with E-state index in [1.165, 1.54) is 0 Å². The molecule has 0 aliphatic rings. The van der Waals surface area contributed by atoms with Gasteiger partial charge in [0.05, 0.1) is 24.0 Å². The van der Waals surface area contributed by atoms with Crippen molar-refractivity contribution in [1.82, 2.24) is 9.38 Å². The number of carbonyl (C=O) groups is 1.